The summed E-state index contributed by atoms with van der Waals surface area (Å²) >= 11 is 1.51. The Morgan fingerprint density at radius 2 is 1.92 bits per heavy atom. The molecule has 39 heavy (non-hydrogen) atoms. The molecule has 0 saturated heterocycles. The van der Waals surface area contributed by atoms with Gasteiger partial charge in [0.05, 0.1) is 22.6 Å². The van der Waals surface area contributed by atoms with Gasteiger partial charge in [0, 0.05) is 29.2 Å². The highest BCUT2D eigenvalue weighted by Gasteiger charge is 2.23. The minimum Gasteiger partial charge on any atom is -0.381 e. The van der Waals surface area contributed by atoms with Crippen molar-refractivity contribution in [2.45, 2.75) is 13.0 Å². The number of hydrogen-bond acceptors (Lipinski definition) is 7. The molecule has 10 heteroatoms. The second kappa shape index (κ2) is 9.99. The smallest absolute Gasteiger partial charge is 0.263 e. The van der Waals surface area contributed by atoms with E-state index in [0.717, 1.165) is 16.6 Å². The largest absolute Gasteiger partial charge is 0.381 e. The Morgan fingerprint density at radius 1 is 1.08 bits per heavy atom. The van der Waals surface area contributed by atoms with E-state index in [1.54, 1.807) is 28.5 Å². The van der Waals surface area contributed by atoms with Crippen LogP contribution in [0, 0.1) is 0 Å². The van der Waals surface area contributed by atoms with Crippen molar-refractivity contribution in [1.29, 1.82) is 0 Å². The number of carbonyl (C=O) groups excluding carboxylic acids is 1. The lowest BCUT2D eigenvalue weighted by atomic mass is 10.0. The summed E-state index contributed by atoms with van der Waals surface area (Å²) in [6.07, 6.45) is 7.05. The van der Waals surface area contributed by atoms with Crippen molar-refractivity contribution in [1.82, 2.24) is 29.5 Å². The molecule has 192 valence electrons. The average Bonchev–Trinajstić information content (AvgIpc) is 3.59. The molecule has 0 aliphatic heterocycles. The third-order valence-electron chi connectivity index (χ3n) is 6.45. The molecule has 6 rings (SSSR count). The number of aromatic nitrogens is 5. The third kappa shape index (κ3) is 4.47. The number of hydrogen-bond donors (Lipinski definition) is 2. The Hall–Kier alpha value is -5.09. The van der Waals surface area contributed by atoms with Crippen molar-refractivity contribution in [3.8, 4) is 5.69 Å². The monoisotopic (exact) mass is 533 g/mol. The number of nitrogens with one attached hydrogen (secondary N) is 1. The molecule has 9 nitrogen and oxygen atoms in total. The molecule has 4 heterocycles. The molecule has 4 aromatic heterocycles. The first-order chi connectivity index (χ1) is 19.0. The molecule has 0 fully saturated rings. The van der Waals surface area contributed by atoms with Gasteiger partial charge in [-0.1, -0.05) is 42.5 Å². The van der Waals surface area contributed by atoms with Crippen LogP contribution in [-0.2, 0) is 0 Å². The third-order valence-corrected chi connectivity index (χ3v) is 7.05. The lowest BCUT2D eigenvalue weighted by Crippen LogP contribution is -2.32. The van der Waals surface area contributed by atoms with Crippen LogP contribution in [0.15, 0.2) is 88.7 Å². The van der Waals surface area contributed by atoms with Crippen molar-refractivity contribution in [3.63, 3.8) is 0 Å². The quantitative estimate of drug-likeness (QED) is 0.319. The van der Waals surface area contributed by atoms with Gasteiger partial charge >= 0.3 is 0 Å². The van der Waals surface area contributed by atoms with Crippen LogP contribution in [-0.4, -0.2) is 30.1 Å². The van der Waals surface area contributed by atoms with Crippen LogP contribution in [0.2, 0.25) is 0 Å². The van der Waals surface area contributed by atoms with Gasteiger partial charge in [-0.15, -0.1) is 16.4 Å². The molecular weight excluding hydrogens is 510 g/mol. The molecule has 1 atom stereocenters. The van der Waals surface area contributed by atoms with Crippen LogP contribution >= 0.6 is 11.3 Å². The van der Waals surface area contributed by atoms with Gasteiger partial charge in [0.1, 0.15) is 5.56 Å². The fourth-order valence-corrected chi connectivity index (χ4v) is 5.18. The Bertz CT molecular complexity index is 1910. The lowest BCUT2D eigenvalue weighted by molar-refractivity contribution is 0.0941. The predicted octanol–water partition coefficient (Wildman–Crippen LogP) is 4.73. The van der Waals surface area contributed by atoms with Gasteiger partial charge in [0.15, 0.2) is 11.5 Å². The number of rotatable bonds is 6. The van der Waals surface area contributed by atoms with E-state index in [1.165, 1.54) is 15.9 Å². The highest BCUT2D eigenvalue weighted by molar-refractivity contribution is 7.07. The van der Waals surface area contributed by atoms with Gasteiger partial charge in [0.2, 0.25) is 0 Å². The zero-order valence-electron chi connectivity index (χ0n) is 20.9. The van der Waals surface area contributed by atoms with E-state index in [-0.39, 0.29) is 16.9 Å². The topological polar surface area (TPSA) is 120 Å². The normalized spacial score (nSPS) is 12.3. The Morgan fingerprint density at radius 3 is 2.72 bits per heavy atom. The number of fused-ring (bicyclic) bond motifs is 2. The minimum atomic E-state index is -0.554. The summed E-state index contributed by atoms with van der Waals surface area (Å²) in [5.74, 6) is -0.352. The van der Waals surface area contributed by atoms with Crippen molar-refractivity contribution in [2.75, 3.05) is 5.73 Å². The van der Waals surface area contributed by atoms with Gasteiger partial charge in [-0.2, -0.15) is 0 Å². The number of amides is 1. The van der Waals surface area contributed by atoms with Gasteiger partial charge in [-0.3, -0.25) is 14.2 Å². The van der Waals surface area contributed by atoms with Crippen LogP contribution in [0.4, 0.5) is 5.82 Å². The van der Waals surface area contributed by atoms with E-state index >= 15 is 0 Å². The van der Waals surface area contributed by atoms with E-state index in [9.17, 15) is 9.59 Å². The van der Waals surface area contributed by atoms with Crippen molar-refractivity contribution >= 4 is 51.6 Å². The first-order valence-electron chi connectivity index (χ1n) is 12.2. The number of benzene rings is 2. The minimum absolute atomic E-state index is 0.0777. The number of anilines is 1. The van der Waals surface area contributed by atoms with Crippen molar-refractivity contribution in [2.24, 2.45) is 0 Å². The fourth-order valence-electron chi connectivity index (χ4n) is 4.65. The van der Waals surface area contributed by atoms with E-state index in [1.807, 2.05) is 79.1 Å². The number of nitrogens with two attached hydrogens (primary N) is 1. The Balaban J connectivity index is 1.47. The molecule has 0 aliphatic rings. The molecular formula is C29H23N7O2S. The van der Waals surface area contributed by atoms with Crippen LogP contribution in [0.1, 0.15) is 40.3 Å². The first kappa shape index (κ1) is 24.3. The molecule has 1 unspecified atom stereocenters. The number of nitrogens with zero attached hydrogens (tertiary/aromatic N) is 5. The van der Waals surface area contributed by atoms with E-state index < -0.39 is 11.9 Å². The number of thiazole rings is 1. The van der Waals surface area contributed by atoms with Gasteiger partial charge in [0.25, 0.3) is 11.5 Å². The fraction of sp³-hybridized carbons (Fsp3) is 0.0690. The standard InChI is InChI=1S/C29H23N7O2S/c1-18(33-28(37)25-26(30)34-35-14-6-13-31-27(25)35)23-15-20-8-5-7-19(11-12-21-16-39-17-32-21)24(20)29(38)36(23)22-9-3-2-4-10-22/h2-18H,1H3,(H2,30,34)(H,33,37). The summed E-state index contributed by atoms with van der Waals surface area (Å²) in [6.45, 7) is 1.83. The maximum absolute atomic E-state index is 14.1. The molecule has 0 bridgehead atoms. The molecule has 6 aromatic rings. The Labute approximate surface area is 226 Å². The second-order valence-electron chi connectivity index (χ2n) is 8.95. The summed E-state index contributed by atoms with van der Waals surface area (Å²) < 4.78 is 3.11. The number of para-hydroxylation sites is 1. The van der Waals surface area contributed by atoms with Crippen LogP contribution in [0.25, 0.3) is 34.3 Å². The predicted molar refractivity (Wildman–Crippen MR) is 154 cm³/mol. The zero-order valence-corrected chi connectivity index (χ0v) is 21.7. The first-order valence-corrected chi connectivity index (χ1v) is 13.2. The molecule has 2 aromatic carbocycles. The highest BCUT2D eigenvalue weighted by atomic mass is 32.1. The van der Waals surface area contributed by atoms with Crippen LogP contribution in [0.5, 0.6) is 0 Å². The molecule has 1 amide bonds. The van der Waals surface area contributed by atoms with E-state index in [0.29, 0.717) is 22.4 Å². The summed E-state index contributed by atoms with van der Waals surface area (Å²) in [7, 11) is 0. The average molecular weight is 534 g/mol. The molecule has 0 radical (unpaired) electrons. The zero-order chi connectivity index (χ0) is 26.9. The second-order valence-corrected chi connectivity index (χ2v) is 9.67. The number of nitrogen functional groups attached to an aromatic ring is 1. The number of pyridine rings is 1. The lowest BCUT2D eigenvalue weighted by Gasteiger charge is -2.21. The summed E-state index contributed by atoms with van der Waals surface area (Å²) in [4.78, 5) is 36.1. The van der Waals surface area contributed by atoms with Crippen molar-refractivity contribution < 1.29 is 4.79 Å². The van der Waals surface area contributed by atoms with Crippen LogP contribution < -0.4 is 16.6 Å². The van der Waals surface area contributed by atoms with Gasteiger partial charge in [-0.25, -0.2) is 14.5 Å². The maximum atomic E-state index is 14.1. The van der Waals surface area contributed by atoms with Gasteiger partial charge < -0.3 is 11.1 Å². The summed E-state index contributed by atoms with van der Waals surface area (Å²) in [5.41, 5.74) is 11.1. The molecule has 0 spiro atoms. The Kier molecular flexibility index (Phi) is 6.22. The molecule has 3 N–H and O–H groups in total. The number of carbonyl (C=O) groups is 1. The SMILES string of the molecule is CC(NC(=O)c1c(N)nn2cccnc12)c1cc2cccc(C=Cc3cscn3)c2c(=O)n1-c1ccccc1. The van der Waals surface area contributed by atoms with E-state index in [4.69, 9.17) is 5.73 Å². The van der Waals surface area contributed by atoms with Crippen LogP contribution in [0.3, 0.4) is 0 Å². The summed E-state index contributed by atoms with van der Waals surface area (Å²) in [6, 6.07) is 18.2. The van der Waals surface area contributed by atoms with Gasteiger partial charge in [-0.05, 0) is 48.2 Å². The summed E-state index contributed by atoms with van der Waals surface area (Å²) in [5, 5.41) is 10.5. The molecule has 0 aliphatic carbocycles. The van der Waals surface area contributed by atoms with E-state index in [2.05, 4.69) is 20.4 Å². The maximum Gasteiger partial charge on any atom is 0.263 e. The van der Waals surface area contributed by atoms with Crippen molar-refractivity contribution in [3.05, 3.63) is 117 Å². The highest BCUT2D eigenvalue weighted by Crippen LogP contribution is 2.25. The molecule has 0 saturated carbocycles.